The number of carbonyl (C=O) groups is 2. The molecule has 138 valence electrons. The highest BCUT2D eigenvalue weighted by atomic mass is 35.5. The van der Waals surface area contributed by atoms with E-state index in [-0.39, 0.29) is 0 Å². The van der Waals surface area contributed by atoms with Crippen LogP contribution in [0.3, 0.4) is 0 Å². The molecule has 0 aromatic heterocycles. The van der Waals surface area contributed by atoms with Crippen molar-refractivity contribution in [1.82, 2.24) is 0 Å². The summed E-state index contributed by atoms with van der Waals surface area (Å²) in [6, 6.07) is 14.2. The lowest BCUT2D eigenvalue weighted by atomic mass is 10.2. The van der Waals surface area contributed by atoms with Crippen molar-refractivity contribution in [2.24, 2.45) is 0 Å². The minimum Gasteiger partial charge on any atom is -0.479 e. The van der Waals surface area contributed by atoms with Gasteiger partial charge in [-0.25, -0.2) is 4.79 Å². The maximum absolute atomic E-state index is 12.3. The van der Waals surface area contributed by atoms with Gasteiger partial charge >= 0.3 is 5.97 Å². The molecule has 2 aromatic carbocycles. The van der Waals surface area contributed by atoms with Crippen molar-refractivity contribution in [3.05, 3.63) is 59.1 Å². The first-order valence-electron chi connectivity index (χ1n) is 8.40. The molecule has 0 radical (unpaired) electrons. The quantitative estimate of drug-likeness (QED) is 0.729. The number of carbonyl (C=O) groups excluding carboxylic acids is 2. The van der Waals surface area contributed by atoms with Crippen LogP contribution in [0, 0.1) is 6.92 Å². The van der Waals surface area contributed by atoms with Gasteiger partial charge in [-0.2, -0.15) is 0 Å². The molecular formula is C20H22ClNO4. The Morgan fingerprint density at radius 3 is 2.46 bits per heavy atom. The van der Waals surface area contributed by atoms with E-state index < -0.39 is 24.1 Å². The lowest BCUT2D eigenvalue weighted by molar-refractivity contribution is -0.160. The molecule has 0 bridgehead atoms. The van der Waals surface area contributed by atoms with Crippen LogP contribution in [0.4, 0.5) is 5.69 Å². The number of hydrogen-bond donors (Lipinski definition) is 1. The van der Waals surface area contributed by atoms with E-state index in [0.717, 1.165) is 5.56 Å². The van der Waals surface area contributed by atoms with Gasteiger partial charge in [0.05, 0.1) is 0 Å². The third kappa shape index (κ3) is 5.23. The van der Waals surface area contributed by atoms with Gasteiger partial charge in [0, 0.05) is 10.7 Å². The normalized spacial score (nSPS) is 12.8. The topological polar surface area (TPSA) is 64.6 Å². The Morgan fingerprint density at radius 2 is 1.81 bits per heavy atom. The number of rotatable bonds is 7. The molecule has 0 unspecified atom stereocenters. The predicted molar refractivity (Wildman–Crippen MR) is 102 cm³/mol. The van der Waals surface area contributed by atoms with Crippen LogP contribution in [-0.4, -0.2) is 24.1 Å². The molecule has 0 aliphatic carbocycles. The number of para-hydroxylation sites is 1. The van der Waals surface area contributed by atoms with E-state index in [1.54, 1.807) is 37.3 Å². The number of amides is 1. The Hall–Kier alpha value is -2.53. The molecule has 2 rings (SSSR count). The SMILES string of the molecule is CC[C@H](Oc1ccccc1)C(=O)O[C@H](C)C(=O)Nc1cccc(Cl)c1C. The minimum absolute atomic E-state index is 0.426. The van der Waals surface area contributed by atoms with Crippen LogP contribution in [-0.2, 0) is 14.3 Å². The zero-order valence-corrected chi connectivity index (χ0v) is 15.7. The average molecular weight is 376 g/mol. The van der Waals surface area contributed by atoms with Gasteiger partial charge in [0.15, 0.2) is 12.2 Å². The van der Waals surface area contributed by atoms with Crippen molar-refractivity contribution < 1.29 is 19.1 Å². The van der Waals surface area contributed by atoms with Crippen LogP contribution in [0.1, 0.15) is 25.8 Å². The van der Waals surface area contributed by atoms with Gasteiger partial charge < -0.3 is 14.8 Å². The van der Waals surface area contributed by atoms with Crippen LogP contribution < -0.4 is 10.1 Å². The third-order valence-electron chi connectivity index (χ3n) is 3.84. The zero-order chi connectivity index (χ0) is 19.1. The van der Waals surface area contributed by atoms with Crippen LogP contribution in [0.15, 0.2) is 48.5 Å². The molecule has 5 nitrogen and oxygen atoms in total. The fourth-order valence-corrected chi connectivity index (χ4v) is 2.42. The summed E-state index contributed by atoms with van der Waals surface area (Å²) in [6.07, 6.45) is -1.31. The second-order valence-electron chi connectivity index (χ2n) is 5.81. The highest BCUT2D eigenvalue weighted by molar-refractivity contribution is 6.31. The lowest BCUT2D eigenvalue weighted by Gasteiger charge is -2.20. The number of ether oxygens (including phenoxy) is 2. The molecule has 26 heavy (non-hydrogen) atoms. The summed E-state index contributed by atoms with van der Waals surface area (Å²) >= 11 is 6.05. The number of anilines is 1. The summed E-state index contributed by atoms with van der Waals surface area (Å²) in [6.45, 7) is 5.13. The van der Waals surface area contributed by atoms with Gasteiger partial charge in [-0.15, -0.1) is 0 Å². The molecule has 0 saturated heterocycles. The smallest absolute Gasteiger partial charge is 0.348 e. The van der Waals surface area contributed by atoms with E-state index >= 15 is 0 Å². The summed E-state index contributed by atoms with van der Waals surface area (Å²) in [4.78, 5) is 24.6. The van der Waals surface area contributed by atoms with Crippen molar-refractivity contribution in [2.45, 2.75) is 39.4 Å². The Morgan fingerprint density at radius 1 is 1.12 bits per heavy atom. The molecule has 0 aliphatic heterocycles. The number of hydrogen-bond acceptors (Lipinski definition) is 4. The molecule has 0 fully saturated rings. The number of benzene rings is 2. The van der Waals surface area contributed by atoms with Crippen LogP contribution in [0.2, 0.25) is 5.02 Å². The van der Waals surface area contributed by atoms with Gasteiger partial charge in [0.1, 0.15) is 5.75 Å². The maximum Gasteiger partial charge on any atom is 0.348 e. The van der Waals surface area contributed by atoms with Gasteiger partial charge in [-0.1, -0.05) is 42.8 Å². The third-order valence-corrected chi connectivity index (χ3v) is 4.25. The summed E-state index contributed by atoms with van der Waals surface area (Å²) < 4.78 is 10.9. The zero-order valence-electron chi connectivity index (χ0n) is 15.0. The van der Waals surface area contributed by atoms with Crippen LogP contribution in [0.25, 0.3) is 0 Å². The van der Waals surface area contributed by atoms with Crippen LogP contribution >= 0.6 is 11.6 Å². The number of nitrogens with one attached hydrogen (secondary N) is 1. The van der Waals surface area contributed by atoms with Crippen molar-refractivity contribution in [1.29, 1.82) is 0 Å². The fraction of sp³-hybridized carbons (Fsp3) is 0.300. The standard InChI is InChI=1S/C20H22ClNO4/c1-4-18(26-15-9-6-5-7-10-15)20(24)25-14(3)19(23)22-17-12-8-11-16(21)13(17)2/h5-12,14,18H,4H2,1-3H3,(H,22,23)/t14-,18+/m1/s1. The Labute approximate surface area is 158 Å². The number of halogens is 1. The van der Waals surface area contributed by atoms with E-state index in [9.17, 15) is 9.59 Å². The van der Waals surface area contributed by atoms with E-state index in [1.165, 1.54) is 6.92 Å². The predicted octanol–water partition coefficient (Wildman–Crippen LogP) is 4.38. The summed E-state index contributed by atoms with van der Waals surface area (Å²) in [5.41, 5.74) is 1.33. The summed E-state index contributed by atoms with van der Waals surface area (Å²) in [5.74, 6) is -0.442. The van der Waals surface area contributed by atoms with Crippen molar-refractivity contribution in [2.75, 3.05) is 5.32 Å². The molecule has 2 aromatic rings. The van der Waals surface area contributed by atoms with Gasteiger partial charge in [-0.05, 0) is 50.1 Å². The van der Waals surface area contributed by atoms with E-state index in [4.69, 9.17) is 21.1 Å². The van der Waals surface area contributed by atoms with E-state index in [1.807, 2.05) is 25.1 Å². The van der Waals surface area contributed by atoms with Crippen molar-refractivity contribution in [3.63, 3.8) is 0 Å². The van der Waals surface area contributed by atoms with Gasteiger partial charge in [-0.3, -0.25) is 4.79 Å². The fourth-order valence-electron chi connectivity index (χ4n) is 2.24. The molecule has 0 saturated carbocycles. The Kier molecular flexibility index (Phi) is 7.04. The molecule has 2 atom stereocenters. The molecule has 0 aliphatic rings. The first-order chi connectivity index (χ1) is 12.4. The van der Waals surface area contributed by atoms with Gasteiger partial charge in [0.2, 0.25) is 0 Å². The Bertz CT molecular complexity index is 764. The minimum atomic E-state index is -0.964. The van der Waals surface area contributed by atoms with Gasteiger partial charge in [0.25, 0.3) is 5.91 Å². The van der Waals surface area contributed by atoms with E-state index in [0.29, 0.717) is 22.9 Å². The maximum atomic E-state index is 12.3. The second-order valence-corrected chi connectivity index (χ2v) is 6.22. The Balaban J connectivity index is 1.96. The highest BCUT2D eigenvalue weighted by Gasteiger charge is 2.25. The number of esters is 1. The van der Waals surface area contributed by atoms with Crippen LogP contribution in [0.5, 0.6) is 5.75 Å². The molecule has 0 heterocycles. The first kappa shape index (κ1) is 19.8. The second kappa shape index (κ2) is 9.25. The molecule has 0 spiro atoms. The van der Waals surface area contributed by atoms with E-state index in [2.05, 4.69) is 5.32 Å². The summed E-state index contributed by atoms with van der Waals surface area (Å²) in [5, 5.41) is 3.27. The first-order valence-corrected chi connectivity index (χ1v) is 8.78. The monoisotopic (exact) mass is 375 g/mol. The molecule has 1 N–H and O–H groups in total. The van der Waals surface area contributed by atoms with Crippen molar-refractivity contribution >= 4 is 29.2 Å². The molecular weight excluding hydrogens is 354 g/mol. The average Bonchev–Trinajstić information content (AvgIpc) is 2.64. The molecule has 1 amide bonds. The summed E-state index contributed by atoms with van der Waals surface area (Å²) in [7, 11) is 0. The molecule has 6 heteroatoms. The lowest BCUT2D eigenvalue weighted by Crippen LogP contribution is -2.36. The highest BCUT2D eigenvalue weighted by Crippen LogP contribution is 2.23. The van der Waals surface area contributed by atoms with Crippen molar-refractivity contribution in [3.8, 4) is 5.75 Å². The largest absolute Gasteiger partial charge is 0.479 e.